The van der Waals surface area contributed by atoms with Crippen LogP contribution in [0.3, 0.4) is 0 Å². The van der Waals surface area contributed by atoms with E-state index in [4.69, 9.17) is 9.47 Å². The third kappa shape index (κ3) is 4.30. The zero-order valence-corrected chi connectivity index (χ0v) is 18.6. The van der Waals surface area contributed by atoms with E-state index in [-0.39, 0.29) is 0 Å². The fourth-order valence-corrected chi connectivity index (χ4v) is 3.71. The summed E-state index contributed by atoms with van der Waals surface area (Å²) in [6, 6.07) is 12.8. The molecule has 7 heteroatoms. The summed E-state index contributed by atoms with van der Waals surface area (Å²) in [4.78, 5) is 25.8. The molecule has 1 amide bonds. The Hall–Kier alpha value is -3.61. The molecule has 0 fully saturated rings. The molecule has 0 radical (unpaired) electrons. The van der Waals surface area contributed by atoms with E-state index in [1.54, 1.807) is 32.7 Å². The average molecular weight is 421 g/mol. The number of hydrogen-bond donors (Lipinski definition) is 1. The van der Waals surface area contributed by atoms with Crippen LogP contribution in [0.2, 0.25) is 0 Å². The first-order valence-corrected chi connectivity index (χ1v) is 9.97. The third-order valence-electron chi connectivity index (χ3n) is 5.31. The number of aryl methyl sites for hydroxylation is 2. The lowest BCUT2D eigenvalue weighted by atomic mass is 10.0. The summed E-state index contributed by atoms with van der Waals surface area (Å²) in [6.07, 6.45) is 0. The van der Waals surface area contributed by atoms with Gasteiger partial charge in [0, 0.05) is 0 Å². The molecule has 1 aromatic heterocycles. The normalized spacial score (nSPS) is 11.7. The van der Waals surface area contributed by atoms with E-state index in [9.17, 15) is 9.59 Å². The maximum Gasteiger partial charge on any atom is 0.293 e. The number of ketones is 1. The molecule has 0 saturated carbocycles. The number of nitrogens with zero attached hydrogens (tertiary/aromatic N) is 2. The number of methoxy groups -OCH3 is 2. The second-order valence-electron chi connectivity index (χ2n) is 7.38. The molecule has 1 unspecified atom stereocenters. The second kappa shape index (κ2) is 9.04. The van der Waals surface area contributed by atoms with Crippen LogP contribution in [-0.4, -0.2) is 35.7 Å². The van der Waals surface area contributed by atoms with Crippen LogP contribution in [0.5, 0.6) is 11.5 Å². The maximum atomic E-state index is 13.0. The lowest BCUT2D eigenvalue weighted by Crippen LogP contribution is -2.34. The molecular formula is C24H27N3O4. The number of carbonyl (C=O) groups excluding carboxylic acids is 2. The van der Waals surface area contributed by atoms with Crippen molar-refractivity contribution in [3.8, 4) is 17.2 Å². The Morgan fingerprint density at radius 2 is 1.61 bits per heavy atom. The van der Waals surface area contributed by atoms with Crippen molar-refractivity contribution in [2.45, 2.75) is 33.7 Å². The maximum absolute atomic E-state index is 13.0. The van der Waals surface area contributed by atoms with E-state index < -0.39 is 17.7 Å². The van der Waals surface area contributed by atoms with E-state index in [0.717, 1.165) is 16.8 Å². The highest BCUT2D eigenvalue weighted by molar-refractivity contribution is 6.43. The fraction of sp³-hybridized carbons (Fsp3) is 0.292. The van der Waals surface area contributed by atoms with Gasteiger partial charge >= 0.3 is 0 Å². The topological polar surface area (TPSA) is 82.5 Å². The summed E-state index contributed by atoms with van der Waals surface area (Å²) in [6.45, 7) is 7.26. The van der Waals surface area contributed by atoms with Gasteiger partial charge in [-0.3, -0.25) is 9.59 Å². The number of para-hydroxylation sites is 1. The number of rotatable bonds is 7. The fourth-order valence-electron chi connectivity index (χ4n) is 3.71. The smallest absolute Gasteiger partial charge is 0.293 e. The van der Waals surface area contributed by atoms with Gasteiger partial charge in [0.15, 0.2) is 11.5 Å². The molecule has 2 aromatic carbocycles. The zero-order chi connectivity index (χ0) is 22.7. The Balaban J connectivity index is 1.85. The number of benzene rings is 2. The number of ether oxygens (including phenoxy) is 2. The largest absolute Gasteiger partial charge is 0.493 e. The molecule has 31 heavy (non-hydrogen) atoms. The van der Waals surface area contributed by atoms with Gasteiger partial charge in [-0.25, -0.2) is 4.68 Å². The Morgan fingerprint density at radius 3 is 2.23 bits per heavy atom. The molecular weight excluding hydrogens is 394 g/mol. The van der Waals surface area contributed by atoms with Crippen LogP contribution < -0.4 is 14.8 Å². The van der Waals surface area contributed by atoms with Crippen molar-refractivity contribution in [1.82, 2.24) is 15.1 Å². The van der Waals surface area contributed by atoms with Crippen LogP contribution in [0.25, 0.3) is 5.69 Å². The molecule has 0 aliphatic heterocycles. The van der Waals surface area contributed by atoms with E-state index in [1.807, 2.05) is 56.3 Å². The van der Waals surface area contributed by atoms with Crippen molar-refractivity contribution in [3.63, 3.8) is 0 Å². The van der Waals surface area contributed by atoms with Crippen LogP contribution >= 0.6 is 0 Å². The van der Waals surface area contributed by atoms with Gasteiger partial charge in [-0.1, -0.05) is 18.2 Å². The molecule has 3 aromatic rings. The summed E-state index contributed by atoms with van der Waals surface area (Å²) >= 11 is 0. The highest BCUT2D eigenvalue weighted by Gasteiger charge is 2.27. The van der Waals surface area contributed by atoms with Crippen LogP contribution in [0.4, 0.5) is 0 Å². The molecule has 0 bridgehead atoms. The highest BCUT2D eigenvalue weighted by Crippen LogP contribution is 2.33. The van der Waals surface area contributed by atoms with Crippen molar-refractivity contribution in [2.24, 2.45) is 0 Å². The third-order valence-corrected chi connectivity index (χ3v) is 5.31. The van der Waals surface area contributed by atoms with Gasteiger partial charge in [-0.05, 0) is 63.1 Å². The van der Waals surface area contributed by atoms with Crippen LogP contribution in [0, 0.1) is 20.8 Å². The summed E-state index contributed by atoms with van der Waals surface area (Å²) in [5.74, 6) is -0.119. The summed E-state index contributed by atoms with van der Waals surface area (Å²) in [5, 5.41) is 7.27. The number of carbonyl (C=O) groups is 2. The van der Waals surface area contributed by atoms with Crippen LogP contribution in [-0.2, 0) is 4.79 Å². The van der Waals surface area contributed by atoms with Crippen LogP contribution in [0.1, 0.15) is 45.8 Å². The van der Waals surface area contributed by atoms with Crippen molar-refractivity contribution < 1.29 is 19.1 Å². The molecule has 162 valence electrons. The quantitative estimate of drug-likeness (QED) is 0.463. The molecule has 1 atom stereocenters. The van der Waals surface area contributed by atoms with E-state index in [1.165, 1.54) is 0 Å². The molecule has 1 N–H and O–H groups in total. The average Bonchev–Trinajstić information content (AvgIpc) is 3.07. The Kier molecular flexibility index (Phi) is 6.44. The SMILES string of the molecule is COc1cc(C)c(C(C)NC(=O)C(=O)c2c(C)nn(-c3ccccc3)c2C)cc1OC. The molecule has 0 aliphatic rings. The Bertz CT molecular complexity index is 1120. The molecule has 0 saturated heterocycles. The first-order valence-electron chi connectivity index (χ1n) is 9.97. The van der Waals surface area contributed by atoms with Gasteiger partial charge in [0.05, 0.1) is 42.9 Å². The number of hydrogen-bond acceptors (Lipinski definition) is 5. The number of nitrogens with one attached hydrogen (secondary N) is 1. The van der Waals surface area contributed by atoms with Gasteiger partial charge in [0.1, 0.15) is 0 Å². The van der Waals surface area contributed by atoms with E-state index in [0.29, 0.717) is 28.5 Å². The number of aromatic nitrogens is 2. The van der Waals surface area contributed by atoms with Gasteiger partial charge in [0.2, 0.25) is 0 Å². The highest BCUT2D eigenvalue weighted by atomic mass is 16.5. The number of Topliss-reactive ketones (excluding diaryl/α,β-unsaturated/α-hetero) is 1. The lowest BCUT2D eigenvalue weighted by molar-refractivity contribution is -0.117. The molecule has 0 aliphatic carbocycles. The van der Waals surface area contributed by atoms with Gasteiger partial charge in [-0.15, -0.1) is 0 Å². The number of amides is 1. The standard InChI is InChI=1S/C24H27N3O4/c1-14-12-20(30-5)21(31-6)13-19(14)15(2)25-24(29)23(28)22-16(3)26-27(17(22)4)18-10-8-7-9-11-18/h7-13,15H,1-6H3,(H,25,29). The molecule has 0 spiro atoms. The second-order valence-corrected chi connectivity index (χ2v) is 7.38. The van der Waals surface area contributed by atoms with Gasteiger partial charge in [-0.2, -0.15) is 5.10 Å². The van der Waals surface area contributed by atoms with Crippen molar-refractivity contribution in [1.29, 1.82) is 0 Å². The summed E-state index contributed by atoms with van der Waals surface area (Å²) in [5.41, 5.74) is 4.04. The lowest BCUT2D eigenvalue weighted by Gasteiger charge is -2.19. The Labute approximate surface area is 182 Å². The Morgan fingerprint density at radius 1 is 1.00 bits per heavy atom. The van der Waals surface area contributed by atoms with Crippen molar-refractivity contribution in [3.05, 3.63) is 70.5 Å². The minimum absolute atomic E-state index is 0.317. The van der Waals surface area contributed by atoms with Crippen molar-refractivity contribution >= 4 is 11.7 Å². The summed E-state index contributed by atoms with van der Waals surface area (Å²) < 4.78 is 12.4. The van der Waals surface area contributed by atoms with Gasteiger partial charge in [0.25, 0.3) is 11.7 Å². The molecule has 7 nitrogen and oxygen atoms in total. The minimum atomic E-state index is -0.680. The molecule has 1 heterocycles. The predicted molar refractivity (Wildman–Crippen MR) is 118 cm³/mol. The van der Waals surface area contributed by atoms with Crippen LogP contribution in [0.15, 0.2) is 42.5 Å². The first-order chi connectivity index (χ1) is 14.8. The molecule has 3 rings (SSSR count). The first kappa shape index (κ1) is 22.1. The van der Waals surface area contributed by atoms with Gasteiger partial charge < -0.3 is 14.8 Å². The zero-order valence-electron chi connectivity index (χ0n) is 18.6. The van der Waals surface area contributed by atoms with Crippen molar-refractivity contribution in [2.75, 3.05) is 14.2 Å². The minimum Gasteiger partial charge on any atom is -0.493 e. The predicted octanol–water partition coefficient (Wildman–Crippen LogP) is 3.87. The van der Waals surface area contributed by atoms with E-state index >= 15 is 0 Å². The monoisotopic (exact) mass is 421 g/mol. The summed E-state index contributed by atoms with van der Waals surface area (Å²) in [7, 11) is 3.13. The van der Waals surface area contributed by atoms with E-state index in [2.05, 4.69) is 10.4 Å².